The zero-order valence-electron chi connectivity index (χ0n) is 11.3. The minimum atomic E-state index is -0.143. The molecule has 1 aromatic carbocycles. The molecular formula is C14H19N3O. The second-order valence-corrected chi connectivity index (χ2v) is 4.88. The van der Waals surface area contributed by atoms with Gasteiger partial charge in [0.1, 0.15) is 5.69 Å². The number of nitrogens with two attached hydrogens (primary N) is 1. The highest BCUT2D eigenvalue weighted by atomic mass is 16.1. The third-order valence-electron chi connectivity index (χ3n) is 3.24. The first kappa shape index (κ1) is 12.5. The number of aromatic nitrogens is 2. The van der Waals surface area contributed by atoms with E-state index in [1.807, 2.05) is 56.8 Å². The first-order chi connectivity index (χ1) is 8.45. The predicted molar refractivity (Wildman–Crippen MR) is 74.2 cm³/mol. The normalized spacial score (nSPS) is 11.2. The fourth-order valence-electron chi connectivity index (χ4n) is 2.40. The Morgan fingerprint density at radius 3 is 2.33 bits per heavy atom. The van der Waals surface area contributed by atoms with Gasteiger partial charge in [-0.3, -0.25) is 9.48 Å². The van der Waals surface area contributed by atoms with Gasteiger partial charge in [-0.05, 0) is 24.5 Å². The average molecular weight is 245 g/mol. The lowest BCUT2D eigenvalue weighted by Gasteiger charge is -2.13. The molecular weight excluding hydrogens is 226 g/mol. The molecule has 0 amide bonds. The first-order valence-corrected chi connectivity index (χ1v) is 6.08. The topological polar surface area (TPSA) is 52.9 Å². The van der Waals surface area contributed by atoms with Crippen molar-refractivity contribution >= 4 is 5.69 Å². The van der Waals surface area contributed by atoms with E-state index in [-0.39, 0.29) is 11.5 Å². The maximum absolute atomic E-state index is 12.3. The number of anilines is 1. The molecule has 0 atom stereocenters. The highest BCUT2D eigenvalue weighted by Gasteiger charge is 2.19. The predicted octanol–water partition coefficient (Wildman–Crippen LogP) is 2.19. The van der Waals surface area contributed by atoms with Gasteiger partial charge in [0.25, 0.3) is 5.56 Å². The molecule has 0 saturated heterocycles. The molecule has 0 aliphatic heterocycles. The highest BCUT2D eigenvalue weighted by Crippen LogP contribution is 2.21. The fourth-order valence-corrected chi connectivity index (χ4v) is 2.40. The molecule has 2 aromatic rings. The monoisotopic (exact) mass is 245 g/mol. The van der Waals surface area contributed by atoms with Crippen LogP contribution in [0.4, 0.5) is 5.69 Å². The first-order valence-electron chi connectivity index (χ1n) is 6.08. The lowest BCUT2D eigenvalue weighted by molar-refractivity contribution is 0.593. The van der Waals surface area contributed by atoms with Crippen LogP contribution >= 0.6 is 0 Å². The van der Waals surface area contributed by atoms with Crippen LogP contribution in [0.25, 0.3) is 5.69 Å². The van der Waals surface area contributed by atoms with Crippen molar-refractivity contribution in [2.75, 3.05) is 5.73 Å². The zero-order chi connectivity index (χ0) is 13.4. The van der Waals surface area contributed by atoms with Crippen LogP contribution in [-0.4, -0.2) is 9.36 Å². The van der Waals surface area contributed by atoms with Gasteiger partial charge in [0.05, 0.1) is 11.4 Å². The van der Waals surface area contributed by atoms with Crippen LogP contribution < -0.4 is 11.3 Å². The van der Waals surface area contributed by atoms with Crippen molar-refractivity contribution in [2.24, 2.45) is 7.05 Å². The van der Waals surface area contributed by atoms with Crippen LogP contribution in [0.3, 0.4) is 0 Å². The summed E-state index contributed by atoms with van der Waals surface area (Å²) in [5, 5.41) is 0. The highest BCUT2D eigenvalue weighted by molar-refractivity contribution is 5.48. The minimum absolute atomic E-state index is 0.143. The van der Waals surface area contributed by atoms with E-state index in [2.05, 4.69) is 0 Å². The summed E-state index contributed by atoms with van der Waals surface area (Å²) in [5.41, 5.74) is 8.95. The average Bonchev–Trinajstić information content (AvgIpc) is 2.52. The van der Waals surface area contributed by atoms with Crippen LogP contribution in [0.1, 0.15) is 31.0 Å². The Balaban J connectivity index is 2.78. The van der Waals surface area contributed by atoms with Crippen molar-refractivity contribution in [3.8, 4) is 5.69 Å². The Hall–Kier alpha value is -1.97. The molecule has 0 aliphatic rings. The standard InChI is InChI=1S/C14H19N3O/c1-9(2)13-12(15)14(18)17(16(13)4)11-8-6-5-7-10(11)3/h5-9H,15H2,1-4H3. The van der Waals surface area contributed by atoms with Crippen LogP contribution in [0.15, 0.2) is 29.1 Å². The Labute approximate surface area is 107 Å². The molecule has 4 nitrogen and oxygen atoms in total. The lowest BCUT2D eigenvalue weighted by atomic mass is 10.1. The van der Waals surface area contributed by atoms with Crippen molar-refractivity contribution < 1.29 is 0 Å². The molecule has 0 fully saturated rings. The number of aryl methyl sites for hydroxylation is 1. The minimum Gasteiger partial charge on any atom is -0.393 e. The molecule has 0 unspecified atom stereocenters. The number of hydrogen-bond acceptors (Lipinski definition) is 2. The van der Waals surface area contributed by atoms with E-state index < -0.39 is 0 Å². The zero-order valence-corrected chi connectivity index (χ0v) is 11.3. The number of nitrogens with zero attached hydrogens (tertiary/aromatic N) is 2. The van der Waals surface area contributed by atoms with Crippen molar-refractivity contribution in [1.29, 1.82) is 0 Å². The van der Waals surface area contributed by atoms with Gasteiger partial charge >= 0.3 is 0 Å². The van der Waals surface area contributed by atoms with E-state index in [4.69, 9.17) is 5.73 Å². The van der Waals surface area contributed by atoms with Gasteiger partial charge in [-0.2, -0.15) is 0 Å². The van der Waals surface area contributed by atoms with Gasteiger partial charge in [-0.1, -0.05) is 32.0 Å². The van der Waals surface area contributed by atoms with Crippen molar-refractivity contribution in [3.63, 3.8) is 0 Å². The summed E-state index contributed by atoms with van der Waals surface area (Å²) in [7, 11) is 1.87. The molecule has 0 radical (unpaired) electrons. The van der Waals surface area contributed by atoms with E-state index in [1.165, 1.54) is 0 Å². The molecule has 1 aromatic heterocycles. The Bertz CT molecular complexity index is 635. The largest absolute Gasteiger partial charge is 0.393 e. The molecule has 0 saturated carbocycles. The molecule has 0 spiro atoms. The summed E-state index contributed by atoms with van der Waals surface area (Å²) in [6, 6.07) is 7.80. The third kappa shape index (κ3) is 1.74. The number of benzene rings is 1. The van der Waals surface area contributed by atoms with Crippen LogP contribution in [0.5, 0.6) is 0 Å². The van der Waals surface area contributed by atoms with E-state index in [1.54, 1.807) is 4.68 Å². The third-order valence-corrected chi connectivity index (χ3v) is 3.24. The lowest BCUT2D eigenvalue weighted by Crippen LogP contribution is -2.21. The molecule has 1 heterocycles. The van der Waals surface area contributed by atoms with Gasteiger partial charge < -0.3 is 5.73 Å². The number of para-hydroxylation sites is 1. The van der Waals surface area contributed by atoms with Gasteiger partial charge in [0, 0.05) is 7.05 Å². The molecule has 4 heteroatoms. The Kier molecular flexibility index (Phi) is 3.03. The van der Waals surface area contributed by atoms with Crippen molar-refractivity contribution in [1.82, 2.24) is 9.36 Å². The van der Waals surface area contributed by atoms with Crippen LogP contribution in [0.2, 0.25) is 0 Å². The maximum Gasteiger partial charge on any atom is 0.294 e. The SMILES string of the molecule is Cc1ccccc1-n1c(=O)c(N)c(C(C)C)n1C. The van der Waals surface area contributed by atoms with Crippen LogP contribution in [0, 0.1) is 6.92 Å². The summed E-state index contributed by atoms with van der Waals surface area (Å²) >= 11 is 0. The molecule has 18 heavy (non-hydrogen) atoms. The molecule has 0 bridgehead atoms. The molecule has 2 N–H and O–H groups in total. The molecule has 0 aliphatic carbocycles. The van der Waals surface area contributed by atoms with Crippen molar-refractivity contribution in [2.45, 2.75) is 26.7 Å². The fraction of sp³-hybridized carbons (Fsp3) is 0.357. The van der Waals surface area contributed by atoms with Crippen LogP contribution in [-0.2, 0) is 7.05 Å². The summed E-state index contributed by atoms with van der Waals surface area (Å²) in [6.45, 7) is 6.06. The number of rotatable bonds is 2. The Morgan fingerprint density at radius 1 is 1.22 bits per heavy atom. The summed E-state index contributed by atoms with van der Waals surface area (Å²) < 4.78 is 3.49. The van der Waals surface area contributed by atoms with Gasteiger partial charge in [0.2, 0.25) is 0 Å². The van der Waals surface area contributed by atoms with Gasteiger partial charge in [-0.25, -0.2) is 4.68 Å². The maximum atomic E-state index is 12.3. The second kappa shape index (κ2) is 4.37. The second-order valence-electron chi connectivity index (χ2n) is 4.88. The Morgan fingerprint density at radius 2 is 1.83 bits per heavy atom. The summed E-state index contributed by atoms with van der Waals surface area (Å²) in [6.07, 6.45) is 0. The molecule has 2 rings (SSSR count). The number of hydrogen-bond donors (Lipinski definition) is 1. The van der Waals surface area contributed by atoms with E-state index in [0.29, 0.717) is 5.69 Å². The van der Waals surface area contributed by atoms with E-state index in [9.17, 15) is 4.79 Å². The summed E-state index contributed by atoms with van der Waals surface area (Å²) in [4.78, 5) is 12.3. The van der Waals surface area contributed by atoms with Crippen molar-refractivity contribution in [3.05, 3.63) is 45.9 Å². The van der Waals surface area contributed by atoms with Gasteiger partial charge in [0.15, 0.2) is 0 Å². The molecule has 96 valence electrons. The quantitative estimate of drug-likeness (QED) is 0.881. The van der Waals surface area contributed by atoms with E-state index in [0.717, 1.165) is 16.9 Å². The summed E-state index contributed by atoms with van der Waals surface area (Å²) in [5.74, 6) is 0.216. The van der Waals surface area contributed by atoms with E-state index >= 15 is 0 Å². The van der Waals surface area contributed by atoms with Gasteiger partial charge in [-0.15, -0.1) is 0 Å². The number of nitrogen functional groups attached to an aromatic ring is 1. The smallest absolute Gasteiger partial charge is 0.294 e.